The van der Waals surface area contributed by atoms with E-state index in [-0.39, 0.29) is 0 Å². The van der Waals surface area contributed by atoms with E-state index in [2.05, 4.69) is 44.3 Å². The van der Waals surface area contributed by atoms with Crippen LogP contribution in [0.15, 0.2) is 18.2 Å². The van der Waals surface area contributed by atoms with E-state index in [1.165, 1.54) is 49.7 Å². The summed E-state index contributed by atoms with van der Waals surface area (Å²) in [5.41, 5.74) is 2.54. The van der Waals surface area contributed by atoms with E-state index in [0.717, 1.165) is 23.4 Å². The minimum absolute atomic E-state index is 0.427. The van der Waals surface area contributed by atoms with Crippen LogP contribution in [0.25, 0.3) is 0 Å². The number of hydrogen-bond acceptors (Lipinski definition) is 1. The van der Waals surface area contributed by atoms with E-state index in [1.54, 1.807) is 0 Å². The first-order valence-electron chi connectivity index (χ1n) is 8.65. The lowest BCUT2D eigenvalue weighted by atomic mass is 9.76. The van der Waals surface area contributed by atoms with Crippen molar-refractivity contribution in [2.24, 2.45) is 11.8 Å². The van der Waals surface area contributed by atoms with Crippen molar-refractivity contribution in [1.82, 2.24) is 5.32 Å². The van der Waals surface area contributed by atoms with E-state index in [0.29, 0.717) is 6.04 Å². The summed E-state index contributed by atoms with van der Waals surface area (Å²) in [5.74, 6) is 1.68. The Bertz CT molecular complexity index is 435. The molecule has 1 aromatic carbocycles. The Balaban J connectivity index is 2.14. The van der Waals surface area contributed by atoms with Crippen LogP contribution in [0.3, 0.4) is 0 Å². The highest BCUT2D eigenvalue weighted by atomic mass is 35.5. The number of aryl methyl sites for hydroxylation is 1. The minimum atomic E-state index is 0.427. The molecule has 1 aromatic rings. The highest BCUT2D eigenvalue weighted by Gasteiger charge is 2.28. The second-order valence-electron chi connectivity index (χ2n) is 6.65. The van der Waals surface area contributed by atoms with Crippen LogP contribution >= 0.6 is 11.6 Å². The Kier molecular flexibility index (Phi) is 6.57. The van der Waals surface area contributed by atoms with Crippen LogP contribution in [0, 0.1) is 18.8 Å². The maximum Gasteiger partial charge on any atom is 0.0456 e. The van der Waals surface area contributed by atoms with E-state index < -0.39 is 0 Å². The zero-order valence-electron chi connectivity index (χ0n) is 13.8. The van der Waals surface area contributed by atoms with E-state index in [1.807, 2.05) is 0 Å². The van der Waals surface area contributed by atoms with Crippen LogP contribution in [0.1, 0.15) is 69.5 Å². The molecule has 2 rings (SSSR count). The van der Waals surface area contributed by atoms with Crippen LogP contribution in [0.2, 0.25) is 5.02 Å². The average molecular weight is 308 g/mol. The number of nitrogens with one attached hydrogen (secondary N) is 1. The van der Waals surface area contributed by atoms with Gasteiger partial charge in [-0.05, 0) is 61.8 Å². The zero-order chi connectivity index (χ0) is 15.2. The molecular formula is C19H30ClN. The van der Waals surface area contributed by atoms with Gasteiger partial charge in [0, 0.05) is 11.1 Å². The Morgan fingerprint density at radius 3 is 2.48 bits per heavy atom. The van der Waals surface area contributed by atoms with Gasteiger partial charge in [0.25, 0.3) is 0 Å². The summed E-state index contributed by atoms with van der Waals surface area (Å²) in [6.07, 6.45) is 7.95. The topological polar surface area (TPSA) is 12.0 Å². The number of hydrogen-bond donors (Lipinski definition) is 1. The highest BCUT2D eigenvalue weighted by Crippen LogP contribution is 2.39. The summed E-state index contributed by atoms with van der Waals surface area (Å²) < 4.78 is 0. The van der Waals surface area contributed by atoms with Crippen molar-refractivity contribution in [2.45, 2.75) is 65.3 Å². The molecule has 0 aliphatic heterocycles. The normalized spacial score (nSPS) is 24.0. The lowest BCUT2D eigenvalue weighted by Crippen LogP contribution is -2.31. The summed E-state index contributed by atoms with van der Waals surface area (Å²) in [6.45, 7) is 7.74. The number of benzene rings is 1. The lowest BCUT2D eigenvalue weighted by molar-refractivity contribution is 0.219. The summed E-state index contributed by atoms with van der Waals surface area (Å²) in [4.78, 5) is 0. The van der Waals surface area contributed by atoms with Crippen molar-refractivity contribution in [2.75, 3.05) is 6.54 Å². The van der Waals surface area contributed by atoms with Gasteiger partial charge in [-0.25, -0.2) is 0 Å². The molecule has 1 fully saturated rings. The lowest BCUT2D eigenvalue weighted by Gasteiger charge is -2.35. The van der Waals surface area contributed by atoms with E-state index in [9.17, 15) is 0 Å². The Morgan fingerprint density at radius 1 is 1.19 bits per heavy atom. The van der Waals surface area contributed by atoms with Gasteiger partial charge in [-0.2, -0.15) is 0 Å². The van der Waals surface area contributed by atoms with Gasteiger partial charge in [-0.1, -0.05) is 56.8 Å². The van der Waals surface area contributed by atoms with Crippen molar-refractivity contribution in [3.05, 3.63) is 34.3 Å². The Hall–Kier alpha value is -0.530. The third-order valence-corrected chi connectivity index (χ3v) is 5.37. The predicted molar refractivity (Wildman–Crippen MR) is 93.0 cm³/mol. The van der Waals surface area contributed by atoms with Crippen LogP contribution in [0.5, 0.6) is 0 Å². The molecule has 1 atom stereocenters. The van der Waals surface area contributed by atoms with Gasteiger partial charge in [0.2, 0.25) is 0 Å². The second-order valence-corrected chi connectivity index (χ2v) is 7.05. The maximum absolute atomic E-state index is 6.54. The van der Waals surface area contributed by atoms with Crippen LogP contribution in [-0.4, -0.2) is 6.54 Å². The fourth-order valence-corrected chi connectivity index (χ4v) is 4.00. The van der Waals surface area contributed by atoms with Gasteiger partial charge >= 0.3 is 0 Å². The van der Waals surface area contributed by atoms with Crippen molar-refractivity contribution >= 4 is 11.6 Å². The molecule has 0 saturated heterocycles. The quantitative estimate of drug-likeness (QED) is 0.689. The molecule has 1 saturated carbocycles. The third kappa shape index (κ3) is 4.47. The second kappa shape index (κ2) is 8.19. The van der Waals surface area contributed by atoms with Crippen molar-refractivity contribution in [3.8, 4) is 0 Å². The van der Waals surface area contributed by atoms with Crippen LogP contribution < -0.4 is 5.32 Å². The standard InChI is InChI=1S/C19H30ClN/c1-4-12-21-19(16-9-7-15(5-2)8-10-16)17-11-6-14(3)13-18(17)20/h6,11,13,15-16,19,21H,4-5,7-10,12H2,1-3H3. The summed E-state index contributed by atoms with van der Waals surface area (Å²) in [6, 6.07) is 6.96. The SMILES string of the molecule is CCCNC(c1ccc(C)cc1Cl)C1CCC(CC)CC1. The van der Waals surface area contributed by atoms with E-state index in [4.69, 9.17) is 11.6 Å². The maximum atomic E-state index is 6.54. The molecule has 0 spiro atoms. The van der Waals surface area contributed by atoms with Gasteiger partial charge in [0.1, 0.15) is 0 Å². The molecule has 0 bridgehead atoms. The van der Waals surface area contributed by atoms with E-state index >= 15 is 0 Å². The number of halogens is 1. The zero-order valence-corrected chi connectivity index (χ0v) is 14.5. The van der Waals surface area contributed by atoms with Gasteiger partial charge in [-0.3, -0.25) is 0 Å². The van der Waals surface area contributed by atoms with Crippen molar-refractivity contribution in [1.29, 1.82) is 0 Å². The monoisotopic (exact) mass is 307 g/mol. The fourth-order valence-electron chi connectivity index (χ4n) is 3.64. The molecule has 1 N–H and O–H groups in total. The molecule has 118 valence electrons. The number of rotatable bonds is 6. The van der Waals surface area contributed by atoms with Gasteiger partial charge < -0.3 is 5.32 Å². The molecule has 0 amide bonds. The van der Waals surface area contributed by atoms with Crippen molar-refractivity contribution < 1.29 is 0 Å². The molecule has 1 aliphatic carbocycles. The molecule has 1 unspecified atom stereocenters. The van der Waals surface area contributed by atoms with Crippen LogP contribution in [0.4, 0.5) is 0 Å². The first-order valence-corrected chi connectivity index (χ1v) is 9.02. The third-order valence-electron chi connectivity index (χ3n) is 5.05. The largest absolute Gasteiger partial charge is 0.310 e. The molecule has 1 aliphatic rings. The Morgan fingerprint density at radius 2 is 1.90 bits per heavy atom. The molecule has 1 nitrogen and oxygen atoms in total. The minimum Gasteiger partial charge on any atom is -0.310 e. The molecular weight excluding hydrogens is 278 g/mol. The smallest absolute Gasteiger partial charge is 0.0456 e. The highest BCUT2D eigenvalue weighted by molar-refractivity contribution is 6.31. The van der Waals surface area contributed by atoms with Crippen molar-refractivity contribution in [3.63, 3.8) is 0 Å². The fraction of sp³-hybridized carbons (Fsp3) is 0.684. The molecule has 21 heavy (non-hydrogen) atoms. The first-order chi connectivity index (χ1) is 10.2. The average Bonchev–Trinajstić information content (AvgIpc) is 2.50. The van der Waals surface area contributed by atoms with Crippen LogP contribution in [-0.2, 0) is 0 Å². The summed E-state index contributed by atoms with van der Waals surface area (Å²) in [7, 11) is 0. The first kappa shape index (κ1) is 16.8. The van der Waals surface area contributed by atoms with Gasteiger partial charge in [0.15, 0.2) is 0 Å². The van der Waals surface area contributed by atoms with Gasteiger partial charge in [0.05, 0.1) is 0 Å². The molecule has 0 heterocycles. The molecule has 0 aromatic heterocycles. The predicted octanol–water partition coefficient (Wildman–Crippen LogP) is 5.91. The summed E-state index contributed by atoms with van der Waals surface area (Å²) >= 11 is 6.54. The molecule has 2 heteroatoms. The summed E-state index contributed by atoms with van der Waals surface area (Å²) in [5, 5.41) is 4.70. The molecule has 0 radical (unpaired) electrons. The Labute approximate surface area is 135 Å². The van der Waals surface area contributed by atoms with Gasteiger partial charge in [-0.15, -0.1) is 0 Å².